The number of carbonyl (C=O) groups excluding carboxylic acids is 4. The van der Waals surface area contributed by atoms with Gasteiger partial charge in [-0.3, -0.25) is 19.2 Å². The van der Waals surface area contributed by atoms with Crippen molar-refractivity contribution in [3.63, 3.8) is 0 Å². The number of nitrogens with one attached hydrogen (secondary N) is 4. The maximum Gasteiger partial charge on any atom is 0.364 e. The lowest BCUT2D eigenvalue weighted by Crippen LogP contribution is -2.72. The van der Waals surface area contributed by atoms with E-state index < -0.39 is 389 Å². The van der Waals surface area contributed by atoms with Crippen molar-refractivity contribution in [3.05, 3.63) is 0 Å². The first-order chi connectivity index (χ1) is 57.8. The van der Waals surface area contributed by atoms with Crippen LogP contribution in [-0.2, 0) is 109 Å². The topological polar surface area (TPSA) is 874 Å². The van der Waals surface area contributed by atoms with Crippen LogP contribution in [0, 0.1) is 0 Å². The number of ether oxygens (including phenoxy) is 17. The van der Waals surface area contributed by atoms with Crippen LogP contribution in [0.5, 0.6) is 0 Å². The monoisotopic (exact) mass is 1800 g/mol. The SMILES string of the molecule is CC(=O)N[C@H]1[C@H](OC[C@H]2O[C@@H](O[C@H]3[C@H](O)[C@@H](O)C(O)O[C@@H]3CO)[C@H](O)[C@@H](O[C@@H]3O[C@H](CO[C@]4(C(=O)O)C[C@H](O)[C@@H](NC(C)=O)[C@H]([C@H](O)[C@H](O)CO)O4)[C@@H](O)[C@H](O[C@@H]4O[C@H](CO)[C@H](O)[C@H](O[C@]5(C(=O)O)C[C@H](O)[C@@H](NC(C)=O)[C@H]([C@H](O)[C@H](O)CO)O5)[C@H]4O)[C@H]3NC(C)=O)[C@H]2O)O[C@H](CO)[C@@H](O[C@@H]2O[C@H](CO)[C@H](O)[C@H](O)[C@H]2O)[C@@H]1O[C@@H]1O[C@@H](C)[C@@H](O)[C@@H](O)[C@@H]1O. The fraction of sp³-hybridized carbons (Fsp3) is 0.912. The predicted octanol–water partition coefficient (Wildman–Crippen LogP) is -20.6. The first-order valence-corrected chi connectivity index (χ1v) is 38.7. The number of hydrogen-bond donors (Lipinski definition) is 32. The maximum atomic E-state index is 13.8. The maximum absolute atomic E-state index is 13.8. The Morgan fingerprint density at radius 3 is 1.24 bits per heavy atom. The van der Waals surface area contributed by atoms with Gasteiger partial charge in [0, 0.05) is 40.5 Å². The molecule has 9 aliphatic heterocycles. The van der Waals surface area contributed by atoms with Gasteiger partial charge in [0.2, 0.25) is 23.6 Å². The molecule has 9 aliphatic rings. The summed E-state index contributed by atoms with van der Waals surface area (Å²) in [6, 6.07) is -8.05. The van der Waals surface area contributed by atoms with E-state index in [9.17, 15) is 172 Å². The van der Waals surface area contributed by atoms with Gasteiger partial charge in [0.1, 0.15) is 201 Å². The van der Waals surface area contributed by atoms with E-state index in [4.69, 9.17) is 80.5 Å². The third-order valence-corrected chi connectivity index (χ3v) is 22.3. The minimum atomic E-state index is -3.46. The molecule has 0 radical (unpaired) electrons. The summed E-state index contributed by atoms with van der Waals surface area (Å²) in [5.41, 5.74) is 0. The van der Waals surface area contributed by atoms with Gasteiger partial charge in [0.05, 0.1) is 83.3 Å². The second-order valence-electron chi connectivity index (χ2n) is 31.0. The quantitative estimate of drug-likeness (QED) is 0.0284. The van der Waals surface area contributed by atoms with E-state index in [2.05, 4.69) is 21.3 Å². The third kappa shape index (κ3) is 22.4. The van der Waals surface area contributed by atoms with E-state index in [0.29, 0.717) is 0 Å². The molecule has 0 aromatic heterocycles. The van der Waals surface area contributed by atoms with Crippen LogP contribution in [0.15, 0.2) is 0 Å². The standard InChI is InChI=1S/C68H112N4O51/c1-16-35(87)42(94)46(98)61(109-16)119-55-34(72-20(5)82)59(113-28(13-78)51(55)117-62-47(99)43(95)38(90)25(10-75)111-62)107-14-29-41(93)56(48(100)63(115-29)116-50-27(12-77)110-58(102)45(97)44(50)96)120-60-33(71-19(4)81)52(40(92)30(114-60)15-108-67(65(103)104)6-21(83)31(69-17(2)79)53(121-67)36(88)23(85)8-73)118-64-49(101)57(39(91)26(11-76)112-64)123-68(66(105)106)7-22(84)32(70-18(3)80)54(122-68)37(89)24(86)9-74/h16,21-64,73-78,83-102H,6-15H2,1-5H3,(H,69,79)(H,70,80)(H,71,81)(H,72,82)(H,103,104)(H,105,106)/t16-,21-,22-,23+,24+,25+,26+,27+,28+,29+,30+,31+,32+,33+,34+,35+,36+,37+,38-,39-,40+,41-,42+,43-,44+,45+,46-,47+,48+,49+,50+,51+,52+,53+,54+,55+,56-,57-,58?,59+,60-,61-,62-,63-,64-,67+,68-/m0/s1. The summed E-state index contributed by atoms with van der Waals surface area (Å²) in [6.07, 6.45) is -95.5. The average Bonchev–Trinajstić information content (AvgIpc) is 0.758. The van der Waals surface area contributed by atoms with Gasteiger partial charge in [-0.1, -0.05) is 0 Å². The van der Waals surface area contributed by atoms with Crippen LogP contribution in [-0.4, -0.2) is 519 Å². The van der Waals surface area contributed by atoms with Gasteiger partial charge in [-0.05, 0) is 6.92 Å². The lowest BCUT2D eigenvalue weighted by Gasteiger charge is -2.52. The van der Waals surface area contributed by atoms with Crippen LogP contribution >= 0.6 is 0 Å². The summed E-state index contributed by atoms with van der Waals surface area (Å²) in [7, 11) is 0. The molecule has 0 aliphatic carbocycles. The van der Waals surface area contributed by atoms with Crippen molar-refractivity contribution in [2.24, 2.45) is 0 Å². The Labute approximate surface area is 694 Å². The average molecular weight is 1800 g/mol. The molecular weight excluding hydrogens is 1690 g/mol. The highest BCUT2D eigenvalue weighted by atomic mass is 16.8. The number of carboxylic acids is 2. The smallest absolute Gasteiger partial charge is 0.364 e. The molecule has 1 unspecified atom stereocenters. The highest BCUT2D eigenvalue weighted by Gasteiger charge is 2.64. The predicted molar refractivity (Wildman–Crippen MR) is 376 cm³/mol. The fourth-order valence-electron chi connectivity index (χ4n) is 15.7. The molecule has 0 aromatic rings. The zero-order valence-electron chi connectivity index (χ0n) is 66.0. The Morgan fingerprint density at radius 1 is 0.358 bits per heavy atom. The van der Waals surface area contributed by atoms with Crippen molar-refractivity contribution in [2.45, 2.75) is 335 Å². The van der Waals surface area contributed by atoms with Crippen molar-refractivity contribution in [2.75, 3.05) is 52.9 Å². The fourth-order valence-corrected chi connectivity index (χ4v) is 15.7. The lowest BCUT2D eigenvalue weighted by atomic mass is 9.88. The Hall–Kier alpha value is -4.90. The molecule has 9 rings (SSSR count). The molecule has 4 amide bonds. The second-order valence-corrected chi connectivity index (χ2v) is 31.0. The van der Waals surface area contributed by atoms with Gasteiger partial charge >= 0.3 is 11.9 Å². The molecule has 55 nitrogen and oxygen atoms in total. The Balaban J connectivity index is 1.14. The van der Waals surface area contributed by atoms with E-state index in [-0.39, 0.29) is 0 Å². The van der Waals surface area contributed by atoms with E-state index in [0.717, 1.165) is 27.7 Å². The van der Waals surface area contributed by atoms with Gasteiger partial charge < -0.3 is 245 Å². The van der Waals surface area contributed by atoms with Crippen molar-refractivity contribution in [1.29, 1.82) is 0 Å². The van der Waals surface area contributed by atoms with E-state index in [1.54, 1.807) is 0 Å². The largest absolute Gasteiger partial charge is 0.477 e. The van der Waals surface area contributed by atoms with E-state index in [1.165, 1.54) is 6.92 Å². The number of aliphatic hydroxyl groups is 26. The number of rotatable bonds is 34. The van der Waals surface area contributed by atoms with Gasteiger partial charge in [0.25, 0.3) is 11.6 Å². The Morgan fingerprint density at radius 2 is 0.732 bits per heavy atom. The lowest BCUT2D eigenvalue weighted by molar-refractivity contribution is -0.393. The highest BCUT2D eigenvalue weighted by molar-refractivity contribution is 5.78. The normalized spacial score (nSPS) is 46.6. The summed E-state index contributed by atoms with van der Waals surface area (Å²) >= 11 is 0. The van der Waals surface area contributed by atoms with Crippen LogP contribution in [0.3, 0.4) is 0 Å². The molecule has 0 saturated carbocycles. The summed E-state index contributed by atoms with van der Waals surface area (Å²) in [4.78, 5) is 79.3. The molecule has 710 valence electrons. The zero-order valence-corrected chi connectivity index (χ0v) is 66.0. The van der Waals surface area contributed by atoms with Crippen molar-refractivity contribution < 1.29 is 252 Å². The molecule has 9 saturated heterocycles. The number of aliphatic carboxylic acids is 2. The summed E-state index contributed by atoms with van der Waals surface area (Å²) in [5.74, 6) is -15.4. The zero-order chi connectivity index (χ0) is 91.4. The van der Waals surface area contributed by atoms with Gasteiger partial charge in [0.15, 0.2) is 44.0 Å². The van der Waals surface area contributed by atoms with Gasteiger partial charge in [-0.15, -0.1) is 0 Å². The molecule has 47 atom stereocenters. The minimum Gasteiger partial charge on any atom is -0.477 e. The molecule has 9 heterocycles. The van der Waals surface area contributed by atoms with Crippen molar-refractivity contribution in [1.82, 2.24) is 21.3 Å². The first-order valence-electron chi connectivity index (χ1n) is 38.7. The summed E-state index contributed by atoms with van der Waals surface area (Å²) in [5, 5.41) is 321. The molecular formula is C68H112N4O51. The second kappa shape index (κ2) is 43.2. The summed E-state index contributed by atoms with van der Waals surface area (Å²) in [6.45, 7) is -5.42. The molecule has 9 fully saturated rings. The van der Waals surface area contributed by atoms with Crippen LogP contribution in [0.25, 0.3) is 0 Å². The molecule has 0 spiro atoms. The Bertz CT molecular complexity index is 3430. The molecule has 32 N–H and O–H groups in total. The van der Waals surface area contributed by atoms with Gasteiger partial charge in [-0.25, -0.2) is 9.59 Å². The van der Waals surface area contributed by atoms with Gasteiger partial charge in [-0.2, -0.15) is 0 Å². The van der Waals surface area contributed by atoms with Crippen LogP contribution in [0.2, 0.25) is 0 Å². The third-order valence-electron chi connectivity index (χ3n) is 22.3. The molecule has 0 aromatic carbocycles. The number of carbonyl (C=O) groups is 6. The van der Waals surface area contributed by atoms with Crippen LogP contribution < -0.4 is 21.3 Å². The first kappa shape index (κ1) is 102. The van der Waals surface area contributed by atoms with Crippen molar-refractivity contribution in [3.8, 4) is 0 Å². The summed E-state index contributed by atoms with van der Waals surface area (Å²) < 4.78 is 101. The minimum absolute atomic E-state index is 0.777. The molecule has 123 heavy (non-hydrogen) atoms. The number of amides is 4. The van der Waals surface area contributed by atoms with Crippen LogP contribution in [0.1, 0.15) is 47.5 Å². The Kier molecular flexibility index (Phi) is 35.8. The molecule has 55 heteroatoms. The molecule has 0 bridgehead atoms. The van der Waals surface area contributed by atoms with E-state index >= 15 is 0 Å². The highest BCUT2D eigenvalue weighted by Crippen LogP contribution is 2.43. The number of aliphatic hydroxyl groups excluding tert-OH is 26. The van der Waals surface area contributed by atoms with Crippen molar-refractivity contribution >= 4 is 35.6 Å². The van der Waals surface area contributed by atoms with Crippen LogP contribution in [0.4, 0.5) is 0 Å². The number of hydrogen-bond acceptors (Lipinski definition) is 49. The van der Waals surface area contributed by atoms with E-state index in [1.807, 2.05) is 0 Å². The number of carboxylic acid groups (broad SMARTS) is 2.